The first-order valence-electron chi connectivity index (χ1n) is 5.48. The predicted octanol–water partition coefficient (Wildman–Crippen LogP) is 3.15. The van der Waals surface area contributed by atoms with Crippen molar-refractivity contribution in [1.29, 1.82) is 0 Å². The highest BCUT2D eigenvalue weighted by Gasteiger charge is 2.09. The number of thiazole rings is 1. The topological polar surface area (TPSA) is 48.1 Å². The van der Waals surface area contributed by atoms with E-state index < -0.39 is 0 Å². The van der Waals surface area contributed by atoms with Crippen molar-refractivity contribution < 1.29 is 4.74 Å². The Balaban J connectivity index is 2.36. The monoisotopic (exact) mass is 248 g/mol. The molecule has 90 valence electrons. The second kappa shape index (κ2) is 4.85. The molecule has 0 aliphatic carbocycles. The molecule has 0 saturated carbocycles. The van der Waals surface area contributed by atoms with Crippen LogP contribution in [0.2, 0.25) is 0 Å². The maximum atomic E-state index is 5.81. The van der Waals surface area contributed by atoms with Gasteiger partial charge >= 0.3 is 0 Å². The average molecular weight is 248 g/mol. The number of hydrogen-bond acceptors (Lipinski definition) is 4. The molecule has 17 heavy (non-hydrogen) atoms. The molecule has 0 amide bonds. The van der Waals surface area contributed by atoms with E-state index in [0.717, 1.165) is 27.6 Å². The van der Waals surface area contributed by atoms with Crippen molar-refractivity contribution >= 4 is 11.3 Å². The zero-order valence-electron chi connectivity index (χ0n) is 10.2. The average Bonchev–Trinajstić information content (AvgIpc) is 2.78. The second-order valence-corrected chi connectivity index (χ2v) is 4.93. The van der Waals surface area contributed by atoms with Crippen molar-refractivity contribution in [2.75, 3.05) is 7.11 Å². The van der Waals surface area contributed by atoms with Crippen LogP contribution in [0.1, 0.15) is 23.5 Å². The number of benzene rings is 1. The minimum absolute atomic E-state index is 0.00639. The number of nitrogens with two attached hydrogens (primary N) is 1. The predicted molar refractivity (Wildman–Crippen MR) is 71.4 cm³/mol. The molecule has 0 aliphatic rings. The number of rotatable bonds is 3. The lowest BCUT2D eigenvalue weighted by atomic mass is 10.1. The van der Waals surface area contributed by atoms with Crippen LogP contribution in [0.4, 0.5) is 0 Å². The molecule has 3 nitrogen and oxygen atoms in total. The van der Waals surface area contributed by atoms with E-state index in [1.165, 1.54) is 0 Å². The van der Waals surface area contributed by atoms with E-state index in [2.05, 4.69) is 11.1 Å². The van der Waals surface area contributed by atoms with Crippen molar-refractivity contribution in [3.05, 3.63) is 34.2 Å². The van der Waals surface area contributed by atoms with Crippen LogP contribution in [0.25, 0.3) is 11.3 Å². The van der Waals surface area contributed by atoms with Crippen LogP contribution in [-0.2, 0) is 0 Å². The Kier molecular flexibility index (Phi) is 3.45. The van der Waals surface area contributed by atoms with Gasteiger partial charge in [0.1, 0.15) is 10.8 Å². The summed E-state index contributed by atoms with van der Waals surface area (Å²) in [5, 5.41) is 3.01. The molecule has 1 atom stereocenters. The Morgan fingerprint density at radius 2 is 2.18 bits per heavy atom. The quantitative estimate of drug-likeness (QED) is 0.907. The molecule has 0 bridgehead atoms. The summed E-state index contributed by atoms with van der Waals surface area (Å²) in [5.41, 5.74) is 9.00. The molecule has 2 rings (SSSR count). The Bertz CT molecular complexity index is 520. The second-order valence-electron chi connectivity index (χ2n) is 4.04. The van der Waals surface area contributed by atoms with E-state index in [1.54, 1.807) is 18.4 Å². The Hall–Kier alpha value is -1.39. The molecule has 0 spiro atoms. The highest BCUT2D eigenvalue weighted by Crippen LogP contribution is 2.28. The zero-order valence-corrected chi connectivity index (χ0v) is 11.0. The standard InChI is InChI=1S/C13H16N2OS/c1-8-6-10(4-5-12(8)16-3)11-7-17-13(15-11)9(2)14/h4-7,9H,14H2,1-3H3. The third-order valence-electron chi connectivity index (χ3n) is 2.60. The fourth-order valence-corrected chi connectivity index (χ4v) is 2.45. The first-order valence-corrected chi connectivity index (χ1v) is 6.36. The van der Waals surface area contributed by atoms with Crippen LogP contribution < -0.4 is 10.5 Å². The van der Waals surface area contributed by atoms with E-state index in [-0.39, 0.29) is 6.04 Å². The summed E-state index contributed by atoms with van der Waals surface area (Å²) in [6, 6.07) is 6.06. The van der Waals surface area contributed by atoms with Crippen LogP contribution in [-0.4, -0.2) is 12.1 Å². The SMILES string of the molecule is COc1ccc(-c2csc(C(C)N)n2)cc1C. The Morgan fingerprint density at radius 1 is 1.41 bits per heavy atom. The number of ether oxygens (including phenoxy) is 1. The van der Waals surface area contributed by atoms with Gasteiger partial charge in [-0.05, 0) is 37.6 Å². The van der Waals surface area contributed by atoms with Gasteiger partial charge in [0.05, 0.1) is 18.8 Å². The molecule has 1 aromatic carbocycles. The van der Waals surface area contributed by atoms with Gasteiger partial charge in [0, 0.05) is 10.9 Å². The fourth-order valence-electron chi connectivity index (χ4n) is 1.67. The van der Waals surface area contributed by atoms with E-state index in [0.29, 0.717) is 0 Å². The van der Waals surface area contributed by atoms with Crippen molar-refractivity contribution in [2.24, 2.45) is 5.73 Å². The van der Waals surface area contributed by atoms with Crippen molar-refractivity contribution in [3.8, 4) is 17.0 Å². The summed E-state index contributed by atoms with van der Waals surface area (Å²) < 4.78 is 5.24. The first-order chi connectivity index (χ1) is 8.11. The van der Waals surface area contributed by atoms with Gasteiger partial charge in [-0.1, -0.05) is 0 Å². The largest absolute Gasteiger partial charge is 0.496 e. The smallest absolute Gasteiger partial charge is 0.121 e. The van der Waals surface area contributed by atoms with Gasteiger partial charge in [0.15, 0.2) is 0 Å². The molecule has 0 aliphatic heterocycles. The van der Waals surface area contributed by atoms with Crippen molar-refractivity contribution in [3.63, 3.8) is 0 Å². The van der Waals surface area contributed by atoms with E-state index in [9.17, 15) is 0 Å². The third kappa shape index (κ3) is 2.48. The molecular weight excluding hydrogens is 232 g/mol. The van der Waals surface area contributed by atoms with Gasteiger partial charge in [-0.15, -0.1) is 11.3 Å². The van der Waals surface area contributed by atoms with Gasteiger partial charge < -0.3 is 10.5 Å². The molecular formula is C13H16N2OS. The zero-order chi connectivity index (χ0) is 12.4. The van der Waals surface area contributed by atoms with Gasteiger partial charge in [-0.3, -0.25) is 0 Å². The molecule has 0 fully saturated rings. The van der Waals surface area contributed by atoms with Gasteiger partial charge in [0.2, 0.25) is 0 Å². The van der Waals surface area contributed by atoms with Gasteiger partial charge in [-0.25, -0.2) is 4.98 Å². The van der Waals surface area contributed by atoms with Crippen molar-refractivity contribution in [2.45, 2.75) is 19.9 Å². The van der Waals surface area contributed by atoms with Crippen molar-refractivity contribution in [1.82, 2.24) is 4.98 Å². The fraction of sp³-hybridized carbons (Fsp3) is 0.308. The third-order valence-corrected chi connectivity index (χ3v) is 3.65. The highest BCUT2D eigenvalue weighted by atomic mass is 32.1. The lowest BCUT2D eigenvalue weighted by molar-refractivity contribution is 0.412. The molecule has 1 unspecified atom stereocenters. The molecule has 1 aromatic heterocycles. The lowest BCUT2D eigenvalue weighted by Crippen LogP contribution is -2.03. The number of nitrogens with zero attached hydrogens (tertiary/aromatic N) is 1. The summed E-state index contributed by atoms with van der Waals surface area (Å²) in [6.45, 7) is 3.98. The van der Waals surface area contributed by atoms with E-state index in [1.807, 2.05) is 31.4 Å². The Labute approximate surface area is 105 Å². The summed E-state index contributed by atoms with van der Waals surface area (Å²) in [6.07, 6.45) is 0. The van der Waals surface area contributed by atoms with Crippen LogP contribution >= 0.6 is 11.3 Å². The van der Waals surface area contributed by atoms with E-state index >= 15 is 0 Å². The maximum absolute atomic E-state index is 5.81. The summed E-state index contributed by atoms with van der Waals surface area (Å²) in [7, 11) is 1.68. The first kappa shape index (κ1) is 12.1. The number of aromatic nitrogens is 1. The minimum atomic E-state index is -0.00639. The molecule has 2 aromatic rings. The molecule has 1 heterocycles. The maximum Gasteiger partial charge on any atom is 0.121 e. The molecule has 0 radical (unpaired) electrons. The molecule has 4 heteroatoms. The minimum Gasteiger partial charge on any atom is -0.496 e. The molecule has 0 saturated heterocycles. The van der Waals surface area contributed by atoms with Crippen LogP contribution in [0, 0.1) is 6.92 Å². The summed E-state index contributed by atoms with van der Waals surface area (Å²) in [4.78, 5) is 4.53. The normalized spacial score (nSPS) is 12.5. The number of methoxy groups -OCH3 is 1. The van der Waals surface area contributed by atoms with Crippen LogP contribution in [0.3, 0.4) is 0 Å². The van der Waals surface area contributed by atoms with E-state index in [4.69, 9.17) is 10.5 Å². The molecule has 2 N–H and O–H groups in total. The highest BCUT2D eigenvalue weighted by molar-refractivity contribution is 7.10. The number of hydrogen-bond donors (Lipinski definition) is 1. The van der Waals surface area contributed by atoms with Gasteiger partial charge in [0.25, 0.3) is 0 Å². The summed E-state index contributed by atoms with van der Waals surface area (Å²) >= 11 is 1.60. The Morgan fingerprint density at radius 3 is 2.71 bits per heavy atom. The lowest BCUT2D eigenvalue weighted by Gasteiger charge is -2.05. The van der Waals surface area contributed by atoms with Gasteiger partial charge in [-0.2, -0.15) is 0 Å². The number of aryl methyl sites for hydroxylation is 1. The van der Waals surface area contributed by atoms with Crippen LogP contribution in [0.15, 0.2) is 23.6 Å². The summed E-state index contributed by atoms with van der Waals surface area (Å²) in [5.74, 6) is 0.899. The van der Waals surface area contributed by atoms with Crippen LogP contribution in [0.5, 0.6) is 5.75 Å².